The lowest BCUT2D eigenvalue weighted by Crippen LogP contribution is -2.43. The highest BCUT2D eigenvalue weighted by atomic mass is 16.3. The van der Waals surface area contributed by atoms with E-state index in [1.807, 2.05) is 19.1 Å². The van der Waals surface area contributed by atoms with Gasteiger partial charge in [-0.1, -0.05) is 19.3 Å². The highest BCUT2D eigenvalue weighted by molar-refractivity contribution is 5.74. The number of urea groups is 1. The van der Waals surface area contributed by atoms with Crippen molar-refractivity contribution in [2.45, 2.75) is 51.1 Å². The zero-order chi connectivity index (χ0) is 12.1. The van der Waals surface area contributed by atoms with Gasteiger partial charge in [0.2, 0.25) is 0 Å². The van der Waals surface area contributed by atoms with Gasteiger partial charge in [0.05, 0.1) is 12.3 Å². The average Bonchev–Trinajstić information content (AvgIpc) is 2.83. The largest absolute Gasteiger partial charge is 0.467 e. The molecular formula is C13H20N2O2. The van der Waals surface area contributed by atoms with Crippen LogP contribution >= 0.6 is 0 Å². The van der Waals surface area contributed by atoms with E-state index in [4.69, 9.17) is 4.42 Å². The Balaban J connectivity index is 1.76. The molecule has 1 heterocycles. The molecule has 0 aliphatic heterocycles. The maximum absolute atomic E-state index is 11.8. The molecule has 2 N–H and O–H groups in total. The Labute approximate surface area is 102 Å². The lowest BCUT2D eigenvalue weighted by Gasteiger charge is -2.23. The first-order valence-electron chi connectivity index (χ1n) is 6.36. The Morgan fingerprint density at radius 2 is 2.18 bits per heavy atom. The first kappa shape index (κ1) is 12.0. The van der Waals surface area contributed by atoms with Crippen LogP contribution in [0.3, 0.4) is 0 Å². The third-order valence-electron chi connectivity index (χ3n) is 3.26. The summed E-state index contributed by atoms with van der Waals surface area (Å²) in [6.45, 7) is 1.92. The maximum atomic E-state index is 11.8. The van der Waals surface area contributed by atoms with Crippen molar-refractivity contribution in [3.8, 4) is 0 Å². The third kappa shape index (κ3) is 3.51. The SMILES string of the molecule is CC(NC(=O)NC1CCCCC1)c1ccco1. The summed E-state index contributed by atoms with van der Waals surface area (Å²) in [5.74, 6) is 0.781. The van der Waals surface area contributed by atoms with Crippen molar-refractivity contribution in [1.29, 1.82) is 0 Å². The smallest absolute Gasteiger partial charge is 0.315 e. The fourth-order valence-corrected chi connectivity index (χ4v) is 2.28. The number of carbonyl (C=O) groups is 1. The van der Waals surface area contributed by atoms with Gasteiger partial charge in [-0.15, -0.1) is 0 Å². The van der Waals surface area contributed by atoms with Gasteiger partial charge in [0.15, 0.2) is 0 Å². The minimum Gasteiger partial charge on any atom is -0.467 e. The molecule has 1 atom stereocenters. The minimum atomic E-state index is -0.0965. The molecule has 2 amide bonds. The molecule has 2 rings (SSSR count). The van der Waals surface area contributed by atoms with Crippen LogP contribution in [0.15, 0.2) is 22.8 Å². The Morgan fingerprint density at radius 1 is 1.41 bits per heavy atom. The van der Waals surface area contributed by atoms with Crippen LogP contribution in [-0.2, 0) is 0 Å². The van der Waals surface area contributed by atoms with Crippen molar-refractivity contribution in [3.05, 3.63) is 24.2 Å². The second kappa shape index (κ2) is 5.75. The number of nitrogens with one attached hydrogen (secondary N) is 2. The molecule has 1 fully saturated rings. The fraction of sp³-hybridized carbons (Fsp3) is 0.615. The molecule has 4 heteroatoms. The highest BCUT2D eigenvalue weighted by Crippen LogP contribution is 2.17. The second-order valence-corrected chi connectivity index (χ2v) is 4.69. The zero-order valence-corrected chi connectivity index (χ0v) is 10.2. The van der Waals surface area contributed by atoms with E-state index in [0.29, 0.717) is 6.04 Å². The lowest BCUT2D eigenvalue weighted by atomic mass is 9.96. The monoisotopic (exact) mass is 236 g/mol. The highest BCUT2D eigenvalue weighted by Gasteiger charge is 2.17. The molecule has 0 radical (unpaired) electrons. The normalized spacial score (nSPS) is 18.6. The van der Waals surface area contributed by atoms with Crippen molar-refractivity contribution in [2.24, 2.45) is 0 Å². The predicted molar refractivity (Wildman–Crippen MR) is 65.7 cm³/mol. The quantitative estimate of drug-likeness (QED) is 0.847. The molecule has 17 heavy (non-hydrogen) atoms. The Bertz CT molecular complexity index is 342. The molecule has 0 bridgehead atoms. The maximum Gasteiger partial charge on any atom is 0.315 e. The summed E-state index contributed by atoms with van der Waals surface area (Å²) < 4.78 is 5.24. The summed E-state index contributed by atoms with van der Waals surface area (Å²) in [6, 6.07) is 3.85. The molecule has 1 aliphatic rings. The first-order valence-corrected chi connectivity index (χ1v) is 6.36. The van der Waals surface area contributed by atoms with Crippen LogP contribution in [0.5, 0.6) is 0 Å². The topological polar surface area (TPSA) is 54.3 Å². The summed E-state index contributed by atoms with van der Waals surface area (Å²) in [7, 11) is 0. The van der Waals surface area contributed by atoms with Gasteiger partial charge in [0.1, 0.15) is 5.76 Å². The molecule has 94 valence electrons. The van der Waals surface area contributed by atoms with Gasteiger partial charge in [-0.3, -0.25) is 0 Å². The number of amides is 2. The van der Waals surface area contributed by atoms with Gasteiger partial charge in [-0.2, -0.15) is 0 Å². The van der Waals surface area contributed by atoms with E-state index >= 15 is 0 Å². The minimum absolute atomic E-state index is 0.0893. The van der Waals surface area contributed by atoms with Crippen molar-refractivity contribution < 1.29 is 9.21 Å². The summed E-state index contributed by atoms with van der Waals surface area (Å²) in [5.41, 5.74) is 0. The third-order valence-corrected chi connectivity index (χ3v) is 3.26. The van der Waals surface area contributed by atoms with Gasteiger partial charge in [-0.05, 0) is 31.9 Å². The van der Waals surface area contributed by atoms with Crippen LogP contribution in [0.2, 0.25) is 0 Å². The summed E-state index contributed by atoms with van der Waals surface area (Å²) in [5, 5.41) is 5.91. The van der Waals surface area contributed by atoms with Gasteiger partial charge >= 0.3 is 6.03 Å². The summed E-state index contributed by atoms with van der Waals surface area (Å²) in [4.78, 5) is 11.8. The van der Waals surface area contributed by atoms with E-state index in [-0.39, 0.29) is 12.1 Å². The van der Waals surface area contributed by atoms with Crippen molar-refractivity contribution in [1.82, 2.24) is 10.6 Å². The Hall–Kier alpha value is -1.45. The molecule has 1 aromatic rings. The number of carbonyl (C=O) groups excluding carboxylic acids is 1. The molecule has 0 spiro atoms. The molecule has 1 saturated carbocycles. The number of hydrogen-bond donors (Lipinski definition) is 2. The van der Waals surface area contributed by atoms with E-state index in [1.54, 1.807) is 6.26 Å². The standard InChI is InChI=1S/C13H20N2O2/c1-10(12-8-5-9-17-12)14-13(16)15-11-6-3-2-4-7-11/h5,8-11H,2-4,6-7H2,1H3,(H2,14,15,16). The number of rotatable bonds is 3. The van der Waals surface area contributed by atoms with Crippen LogP contribution in [0.1, 0.15) is 50.8 Å². The Kier molecular flexibility index (Phi) is 4.07. The fourth-order valence-electron chi connectivity index (χ4n) is 2.28. The van der Waals surface area contributed by atoms with Gasteiger partial charge in [-0.25, -0.2) is 4.79 Å². The molecule has 0 aromatic carbocycles. The van der Waals surface area contributed by atoms with Crippen LogP contribution < -0.4 is 10.6 Å². The van der Waals surface area contributed by atoms with Crippen LogP contribution in [0.25, 0.3) is 0 Å². The van der Waals surface area contributed by atoms with E-state index in [1.165, 1.54) is 19.3 Å². The summed E-state index contributed by atoms with van der Waals surface area (Å²) in [6.07, 6.45) is 7.55. The van der Waals surface area contributed by atoms with Crippen LogP contribution in [0.4, 0.5) is 4.79 Å². The van der Waals surface area contributed by atoms with Crippen molar-refractivity contribution in [2.75, 3.05) is 0 Å². The molecule has 0 saturated heterocycles. The first-order chi connectivity index (χ1) is 8.25. The van der Waals surface area contributed by atoms with E-state index in [9.17, 15) is 4.79 Å². The lowest BCUT2D eigenvalue weighted by molar-refractivity contribution is 0.228. The molecular weight excluding hydrogens is 216 g/mol. The zero-order valence-electron chi connectivity index (χ0n) is 10.2. The molecule has 1 aromatic heterocycles. The van der Waals surface area contributed by atoms with Crippen LogP contribution in [0, 0.1) is 0 Å². The van der Waals surface area contributed by atoms with Gasteiger partial charge < -0.3 is 15.1 Å². The van der Waals surface area contributed by atoms with Crippen molar-refractivity contribution in [3.63, 3.8) is 0 Å². The molecule has 1 unspecified atom stereocenters. The van der Waals surface area contributed by atoms with Crippen LogP contribution in [-0.4, -0.2) is 12.1 Å². The summed E-state index contributed by atoms with van der Waals surface area (Å²) >= 11 is 0. The van der Waals surface area contributed by atoms with E-state index in [0.717, 1.165) is 18.6 Å². The van der Waals surface area contributed by atoms with Gasteiger partial charge in [0, 0.05) is 6.04 Å². The second-order valence-electron chi connectivity index (χ2n) is 4.69. The number of furan rings is 1. The van der Waals surface area contributed by atoms with E-state index < -0.39 is 0 Å². The van der Waals surface area contributed by atoms with E-state index in [2.05, 4.69) is 10.6 Å². The van der Waals surface area contributed by atoms with Crippen molar-refractivity contribution >= 4 is 6.03 Å². The number of hydrogen-bond acceptors (Lipinski definition) is 2. The molecule has 1 aliphatic carbocycles. The van der Waals surface area contributed by atoms with Gasteiger partial charge in [0.25, 0.3) is 0 Å². The molecule has 4 nitrogen and oxygen atoms in total. The predicted octanol–water partition coefficient (Wildman–Crippen LogP) is 2.97. The average molecular weight is 236 g/mol. The Morgan fingerprint density at radius 3 is 2.82 bits per heavy atom.